The van der Waals surface area contributed by atoms with Crippen LogP contribution in [0.25, 0.3) is 0 Å². The minimum Gasteiger partial charge on any atom is -0.326 e. The Bertz CT molecular complexity index is 546. The molecule has 0 spiro atoms. The van der Waals surface area contributed by atoms with Gasteiger partial charge in [-0.15, -0.1) is 11.3 Å². The van der Waals surface area contributed by atoms with Crippen LogP contribution in [0.15, 0.2) is 32.7 Å². The van der Waals surface area contributed by atoms with Gasteiger partial charge in [-0.1, -0.05) is 0 Å². The van der Waals surface area contributed by atoms with Gasteiger partial charge in [0, 0.05) is 33.4 Å². The molecule has 108 valence electrons. The second kappa shape index (κ2) is 6.28. The molecule has 0 bridgehead atoms. The van der Waals surface area contributed by atoms with Crippen molar-refractivity contribution in [1.82, 2.24) is 4.90 Å². The van der Waals surface area contributed by atoms with E-state index >= 15 is 0 Å². The van der Waals surface area contributed by atoms with E-state index in [1.807, 2.05) is 0 Å². The first-order valence-electron chi connectivity index (χ1n) is 6.91. The molecule has 0 radical (unpaired) electrons. The SMILES string of the molecule is CC(N)C(c1cc(Br)cs1)N(Cc1ccsc1)C1CC1. The lowest BCUT2D eigenvalue weighted by Gasteiger charge is -2.33. The lowest BCUT2D eigenvalue weighted by Crippen LogP contribution is -2.40. The number of nitrogens with two attached hydrogens (primary N) is 1. The number of nitrogens with zero attached hydrogens (tertiary/aromatic N) is 1. The smallest absolute Gasteiger partial charge is 0.0596 e. The molecule has 0 aliphatic heterocycles. The molecule has 2 nitrogen and oxygen atoms in total. The molecule has 3 rings (SSSR count). The van der Waals surface area contributed by atoms with Crippen LogP contribution in [0.1, 0.15) is 36.2 Å². The van der Waals surface area contributed by atoms with Crippen molar-refractivity contribution in [2.45, 2.75) is 44.4 Å². The standard InChI is InChI=1S/C15H19BrN2S2/c1-10(17)15(14-6-12(16)9-20-14)18(13-2-3-13)7-11-4-5-19-8-11/h4-6,8-10,13,15H,2-3,7,17H2,1H3. The van der Waals surface area contributed by atoms with Crippen molar-refractivity contribution in [3.8, 4) is 0 Å². The first-order valence-corrected chi connectivity index (χ1v) is 9.53. The Hall–Kier alpha value is -0.200. The molecular formula is C15H19BrN2S2. The second-order valence-corrected chi connectivity index (χ2v) is 8.14. The summed E-state index contributed by atoms with van der Waals surface area (Å²) in [5, 5.41) is 6.56. The van der Waals surface area contributed by atoms with Crippen LogP contribution in [0.4, 0.5) is 0 Å². The van der Waals surface area contributed by atoms with Gasteiger partial charge in [0.1, 0.15) is 0 Å². The Kier molecular flexibility index (Phi) is 4.62. The quantitative estimate of drug-likeness (QED) is 0.803. The maximum atomic E-state index is 6.33. The minimum absolute atomic E-state index is 0.139. The van der Waals surface area contributed by atoms with Gasteiger partial charge in [-0.25, -0.2) is 0 Å². The molecule has 2 unspecified atom stereocenters. The third-order valence-corrected chi connectivity index (χ3v) is 6.19. The van der Waals surface area contributed by atoms with Crippen LogP contribution in [-0.4, -0.2) is 17.0 Å². The molecule has 5 heteroatoms. The molecule has 0 aromatic carbocycles. The molecule has 1 aliphatic carbocycles. The van der Waals surface area contributed by atoms with E-state index in [-0.39, 0.29) is 6.04 Å². The van der Waals surface area contributed by atoms with Crippen molar-refractivity contribution in [3.63, 3.8) is 0 Å². The van der Waals surface area contributed by atoms with E-state index in [1.54, 1.807) is 22.7 Å². The maximum Gasteiger partial charge on any atom is 0.0596 e. The predicted molar refractivity (Wildman–Crippen MR) is 91.3 cm³/mol. The zero-order valence-corrected chi connectivity index (χ0v) is 14.7. The summed E-state index contributed by atoms with van der Waals surface area (Å²) < 4.78 is 1.16. The molecule has 20 heavy (non-hydrogen) atoms. The fraction of sp³-hybridized carbons (Fsp3) is 0.467. The Morgan fingerprint density at radius 3 is 2.75 bits per heavy atom. The van der Waals surface area contributed by atoms with Gasteiger partial charge in [-0.05, 0) is 64.2 Å². The summed E-state index contributed by atoms with van der Waals surface area (Å²) in [6.45, 7) is 3.14. The van der Waals surface area contributed by atoms with Gasteiger partial charge in [0.05, 0.1) is 6.04 Å². The highest BCUT2D eigenvalue weighted by molar-refractivity contribution is 9.10. The van der Waals surface area contributed by atoms with Crippen molar-refractivity contribution in [3.05, 3.63) is 43.2 Å². The minimum atomic E-state index is 0.139. The Morgan fingerprint density at radius 1 is 1.45 bits per heavy atom. The topological polar surface area (TPSA) is 29.3 Å². The van der Waals surface area contributed by atoms with E-state index in [4.69, 9.17) is 5.73 Å². The highest BCUT2D eigenvalue weighted by Crippen LogP contribution is 2.39. The number of rotatable bonds is 6. The van der Waals surface area contributed by atoms with Gasteiger partial charge in [-0.3, -0.25) is 4.90 Å². The summed E-state index contributed by atoms with van der Waals surface area (Å²) in [7, 11) is 0. The molecule has 2 aromatic rings. The summed E-state index contributed by atoms with van der Waals surface area (Å²) in [6.07, 6.45) is 2.61. The highest BCUT2D eigenvalue weighted by atomic mass is 79.9. The van der Waals surface area contributed by atoms with E-state index < -0.39 is 0 Å². The predicted octanol–water partition coefficient (Wildman–Crippen LogP) is 4.63. The first-order chi connectivity index (χ1) is 9.65. The third-order valence-electron chi connectivity index (χ3n) is 3.70. The van der Waals surface area contributed by atoms with Crippen LogP contribution in [-0.2, 0) is 6.54 Å². The monoisotopic (exact) mass is 370 g/mol. The number of hydrogen-bond acceptors (Lipinski definition) is 4. The average Bonchev–Trinajstić information content (AvgIpc) is 2.96. The molecular weight excluding hydrogens is 352 g/mol. The van der Waals surface area contributed by atoms with Crippen molar-refractivity contribution in [1.29, 1.82) is 0 Å². The van der Waals surface area contributed by atoms with Gasteiger partial charge >= 0.3 is 0 Å². The molecule has 2 atom stereocenters. The van der Waals surface area contributed by atoms with Crippen LogP contribution >= 0.6 is 38.6 Å². The van der Waals surface area contributed by atoms with E-state index in [9.17, 15) is 0 Å². The molecule has 1 fully saturated rings. The highest BCUT2D eigenvalue weighted by Gasteiger charge is 2.36. The van der Waals surface area contributed by atoms with Gasteiger partial charge < -0.3 is 5.73 Å². The lowest BCUT2D eigenvalue weighted by molar-refractivity contribution is 0.160. The van der Waals surface area contributed by atoms with Crippen LogP contribution in [0.3, 0.4) is 0 Å². The number of thiophene rings is 2. The summed E-state index contributed by atoms with van der Waals surface area (Å²) in [6, 6.07) is 5.61. The molecule has 0 amide bonds. The normalized spacial score (nSPS) is 18.4. The zero-order valence-electron chi connectivity index (χ0n) is 11.5. The molecule has 2 N–H and O–H groups in total. The summed E-state index contributed by atoms with van der Waals surface area (Å²) in [5.74, 6) is 0. The third kappa shape index (κ3) is 3.34. The number of hydrogen-bond donors (Lipinski definition) is 1. The first kappa shape index (κ1) is 14.7. The van der Waals surface area contributed by atoms with E-state index in [0.29, 0.717) is 12.1 Å². The summed E-state index contributed by atoms with van der Waals surface area (Å²) in [4.78, 5) is 3.97. The van der Waals surface area contributed by atoms with Gasteiger partial charge in [0.25, 0.3) is 0 Å². The van der Waals surface area contributed by atoms with E-state index in [1.165, 1.54) is 23.3 Å². The van der Waals surface area contributed by atoms with Crippen molar-refractivity contribution in [2.75, 3.05) is 0 Å². The van der Waals surface area contributed by atoms with E-state index in [0.717, 1.165) is 11.0 Å². The molecule has 1 saturated carbocycles. The average molecular weight is 371 g/mol. The van der Waals surface area contributed by atoms with E-state index in [2.05, 4.69) is 56.0 Å². The number of halogens is 1. The zero-order chi connectivity index (χ0) is 14.1. The van der Waals surface area contributed by atoms with Crippen LogP contribution < -0.4 is 5.73 Å². The fourth-order valence-corrected chi connectivity index (χ4v) is 5.00. The molecule has 2 heterocycles. The van der Waals surface area contributed by atoms with Gasteiger partial charge in [-0.2, -0.15) is 11.3 Å². The molecule has 0 saturated heterocycles. The van der Waals surface area contributed by atoms with Gasteiger partial charge in [0.15, 0.2) is 0 Å². The Labute approximate surface area is 136 Å². The summed E-state index contributed by atoms with van der Waals surface area (Å²) >= 11 is 7.14. The van der Waals surface area contributed by atoms with Crippen LogP contribution in [0.2, 0.25) is 0 Å². The Morgan fingerprint density at radius 2 is 2.25 bits per heavy atom. The van der Waals surface area contributed by atoms with Crippen LogP contribution in [0.5, 0.6) is 0 Å². The van der Waals surface area contributed by atoms with Gasteiger partial charge in [0.2, 0.25) is 0 Å². The lowest BCUT2D eigenvalue weighted by atomic mass is 10.1. The molecule has 1 aliphatic rings. The summed E-state index contributed by atoms with van der Waals surface area (Å²) in [5.41, 5.74) is 7.73. The van der Waals surface area contributed by atoms with Crippen LogP contribution in [0, 0.1) is 0 Å². The Balaban J connectivity index is 1.86. The second-order valence-electron chi connectivity index (χ2n) is 5.51. The van der Waals surface area contributed by atoms with Crippen molar-refractivity contribution >= 4 is 38.6 Å². The molecule has 2 aromatic heterocycles. The maximum absolute atomic E-state index is 6.33. The van der Waals surface area contributed by atoms with Crippen molar-refractivity contribution in [2.24, 2.45) is 5.73 Å². The fourth-order valence-electron chi connectivity index (χ4n) is 2.66. The largest absolute Gasteiger partial charge is 0.326 e. The van der Waals surface area contributed by atoms with Crippen molar-refractivity contribution < 1.29 is 0 Å².